The number of carbonyl (C=O) groups excluding carboxylic acids is 1. The molecule has 3 rings (SSSR count). The standard InChI is InChI=1S/C15H19BrN2O/c16-14-4-2-1-3-13(14)15(19)18-9-7-17(8-10-18)11-12-5-6-12/h1-4,12H,5-11H2. The highest BCUT2D eigenvalue weighted by molar-refractivity contribution is 9.10. The van der Waals surface area contributed by atoms with Gasteiger partial charge in [-0.15, -0.1) is 0 Å². The summed E-state index contributed by atoms with van der Waals surface area (Å²) in [7, 11) is 0. The summed E-state index contributed by atoms with van der Waals surface area (Å²) in [4.78, 5) is 16.9. The van der Waals surface area contributed by atoms with Crippen LogP contribution in [0.15, 0.2) is 28.7 Å². The van der Waals surface area contributed by atoms with E-state index in [4.69, 9.17) is 0 Å². The molecule has 1 heterocycles. The Labute approximate surface area is 122 Å². The predicted octanol–water partition coefficient (Wildman–Crippen LogP) is 2.62. The van der Waals surface area contributed by atoms with Gasteiger partial charge in [-0.25, -0.2) is 0 Å². The molecular formula is C15H19BrN2O. The van der Waals surface area contributed by atoms with Crippen LogP contribution in [-0.2, 0) is 0 Å². The second kappa shape index (κ2) is 5.63. The van der Waals surface area contributed by atoms with Crippen LogP contribution in [0.25, 0.3) is 0 Å². The van der Waals surface area contributed by atoms with E-state index in [9.17, 15) is 4.79 Å². The minimum atomic E-state index is 0.151. The van der Waals surface area contributed by atoms with Gasteiger partial charge >= 0.3 is 0 Å². The maximum atomic E-state index is 12.4. The zero-order valence-electron chi connectivity index (χ0n) is 11.0. The minimum Gasteiger partial charge on any atom is -0.336 e. The molecular weight excluding hydrogens is 304 g/mol. The first-order chi connectivity index (χ1) is 9.24. The van der Waals surface area contributed by atoms with Gasteiger partial charge in [-0.1, -0.05) is 12.1 Å². The molecule has 19 heavy (non-hydrogen) atoms. The number of benzene rings is 1. The molecule has 4 heteroatoms. The van der Waals surface area contributed by atoms with Gasteiger partial charge in [0.15, 0.2) is 0 Å². The number of piperazine rings is 1. The number of carbonyl (C=O) groups is 1. The maximum Gasteiger partial charge on any atom is 0.255 e. The summed E-state index contributed by atoms with van der Waals surface area (Å²) in [6, 6.07) is 7.68. The lowest BCUT2D eigenvalue weighted by Crippen LogP contribution is -2.49. The third-order valence-electron chi connectivity index (χ3n) is 3.98. The zero-order chi connectivity index (χ0) is 13.2. The van der Waals surface area contributed by atoms with Gasteiger partial charge in [-0.3, -0.25) is 9.69 Å². The lowest BCUT2D eigenvalue weighted by molar-refractivity contribution is 0.0631. The van der Waals surface area contributed by atoms with Crippen LogP contribution < -0.4 is 0 Å². The van der Waals surface area contributed by atoms with E-state index in [1.54, 1.807) is 0 Å². The number of halogens is 1. The largest absolute Gasteiger partial charge is 0.336 e. The highest BCUT2D eigenvalue weighted by Crippen LogP contribution is 2.30. The van der Waals surface area contributed by atoms with E-state index in [0.717, 1.165) is 42.1 Å². The van der Waals surface area contributed by atoms with E-state index >= 15 is 0 Å². The molecule has 1 saturated carbocycles. The van der Waals surface area contributed by atoms with Crippen molar-refractivity contribution in [3.63, 3.8) is 0 Å². The number of rotatable bonds is 3. The van der Waals surface area contributed by atoms with Crippen LogP contribution in [0.2, 0.25) is 0 Å². The van der Waals surface area contributed by atoms with Crippen molar-refractivity contribution in [1.29, 1.82) is 0 Å². The first kappa shape index (κ1) is 13.1. The molecule has 1 saturated heterocycles. The molecule has 1 aliphatic carbocycles. The van der Waals surface area contributed by atoms with Gasteiger partial charge in [0.25, 0.3) is 5.91 Å². The van der Waals surface area contributed by atoms with E-state index in [-0.39, 0.29) is 5.91 Å². The van der Waals surface area contributed by atoms with Crippen LogP contribution in [0.5, 0.6) is 0 Å². The van der Waals surface area contributed by atoms with E-state index in [1.807, 2.05) is 29.2 Å². The summed E-state index contributed by atoms with van der Waals surface area (Å²) in [6.07, 6.45) is 2.80. The normalized spacial score (nSPS) is 20.6. The Bertz CT molecular complexity index is 465. The van der Waals surface area contributed by atoms with Gasteiger partial charge in [-0.05, 0) is 46.8 Å². The molecule has 102 valence electrons. The molecule has 1 aromatic rings. The fraction of sp³-hybridized carbons (Fsp3) is 0.533. The summed E-state index contributed by atoms with van der Waals surface area (Å²) in [6.45, 7) is 4.98. The van der Waals surface area contributed by atoms with Crippen molar-refractivity contribution in [2.75, 3.05) is 32.7 Å². The predicted molar refractivity (Wildman–Crippen MR) is 79.2 cm³/mol. The Morgan fingerprint density at radius 1 is 1.16 bits per heavy atom. The van der Waals surface area contributed by atoms with Crippen LogP contribution in [0.1, 0.15) is 23.2 Å². The van der Waals surface area contributed by atoms with E-state index in [1.165, 1.54) is 19.4 Å². The van der Waals surface area contributed by atoms with Crippen LogP contribution in [0, 0.1) is 5.92 Å². The molecule has 0 atom stereocenters. The first-order valence-corrected chi connectivity index (χ1v) is 7.79. The molecule has 3 nitrogen and oxygen atoms in total. The third kappa shape index (κ3) is 3.18. The lowest BCUT2D eigenvalue weighted by Gasteiger charge is -2.35. The van der Waals surface area contributed by atoms with Crippen LogP contribution >= 0.6 is 15.9 Å². The zero-order valence-corrected chi connectivity index (χ0v) is 12.6. The summed E-state index contributed by atoms with van der Waals surface area (Å²) in [5.41, 5.74) is 0.776. The molecule has 0 spiro atoms. The molecule has 0 bridgehead atoms. The van der Waals surface area contributed by atoms with Crippen molar-refractivity contribution in [2.24, 2.45) is 5.92 Å². The van der Waals surface area contributed by atoms with Gasteiger partial charge in [0.2, 0.25) is 0 Å². The van der Waals surface area contributed by atoms with Gasteiger partial charge in [0.1, 0.15) is 0 Å². The average Bonchev–Trinajstić information content (AvgIpc) is 3.23. The molecule has 0 unspecified atom stereocenters. The molecule has 0 N–H and O–H groups in total. The van der Waals surface area contributed by atoms with Gasteiger partial charge in [0, 0.05) is 37.2 Å². The summed E-state index contributed by atoms with van der Waals surface area (Å²) < 4.78 is 0.889. The van der Waals surface area contributed by atoms with Crippen LogP contribution in [0.4, 0.5) is 0 Å². The first-order valence-electron chi connectivity index (χ1n) is 7.00. The molecule has 0 aromatic heterocycles. The topological polar surface area (TPSA) is 23.6 Å². The van der Waals surface area contributed by atoms with Crippen LogP contribution in [-0.4, -0.2) is 48.4 Å². The second-order valence-electron chi connectivity index (χ2n) is 5.52. The smallest absolute Gasteiger partial charge is 0.255 e. The number of nitrogens with zero attached hydrogens (tertiary/aromatic N) is 2. The van der Waals surface area contributed by atoms with E-state index in [0.29, 0.717) is 0 Å². The van der Waals surface area contributed by atoms with Crippen molar-refractivity contribution in [1.82, 2.24) is 9.80 Å². The summed E-state index contributed by atoms with van der Waals surface area (Å²) in [5.74, 6) is 1.09. The Kier molecular flexibility index (Phi) is 3.89. The fourth-order valence-corrected chi connectivity index (χ4v) is 3.06. The van der Waals surface area contributed by atoms with Crippen molar-refractivity contribution in [2.45, 2.75) is 12.8 Å². The van der Waals surface area contributed by atoms with Gasteiger partial charge < -0.3 is 4.90 Å². The Morgan fingerprint density at radius 3 is 2.47 bits per heavy atom. The highest BCUT2D eigenvalue weighted by atomic mass is 79.9. The summed E-state index contributed by atoms with van der Waals surface area (Å²) in [5, 5.41) is 0. The van der Waals surface area contributed by atoms with Gasteiger partial charge in [-0.2, -0.15) is 0 Å². The number of amides is 1. The fourth-order valence-electron chi connectivity index (χ4n) is 2.60. The Hall–Kier alpha value is -0.870. The molecule has 1 aromatic carbocycles. The second-order valence-corrected chi connectivity index (χ2v) is 6.37. The monoisotopic (exact) mass is 322 g/mol. The molecule has 2 fully saturated rings. The van der Waals surface area contributed by atoms with Crippen molar-refractivity contribution < 1.29 is 4.79 Å². The molecule has 0 radical (unpaired) electrons. The quantitative estimate of drug-likeness (QED) is 0.854. The summed E-state index contributed by atoms with van der Waals surface area (Å²) >= 11 is 3.46. The van der Waals surface area contributed by atoms with E-state index < -0.39 is 0 Å². The van der Waals surface area contributed by atoms with Crippen molar-refractivity contribution in [3.05, 3.63) is 34.3 Å². The van der Waals surface area contributed by atoms with Crippen LogP contribution in [0.3, 0.4) is 0 Å². The van der Waals surface area contributed by atoms with Gasteiger partial charge in [0.05, 0.1) is 5.56 Å². The maximum absolute atomic E-state index is 12.4. The Balaban J connectivity index is 1.58. The number of hydrogen-bond donors (Lipinski definition) is 0. The highest BCUT2D eigenvalue weighted by Gasteiger charge is 2.28. The number of hydrogen-bond acceptors (Lipinski definition) is 2. The molecule has 2 aliphatic rings. The van der Waals surface area contributed by atoms with Crippen molar-refractivity contribution >= 4 is 21.8 Å². The Morgan fingerprint density at radius 2 is 1.84 bits per heavy atom. The average molecular weight is 323 g/mol. The van der Waals surface area contributed by atoms with Crippen molar-refractivity contribution in [3.8, 4) is 0 Å². The minimum absolute atomic E-state index is 0.151. The molecule has 1 amide bonds. The molecule has 1 aliphatic heterocycles. The SMILES string of the molecule is O=C(c1ccccc1Br)N1CCN(CC2CC2)CC1. The third-order valence-corrected chi connectivity index (χ3v) is 4.67. The lowest BCUT2D eigenvalue weighted by atomic mass is 10.2. The van der Waals surface area contributed by atoms with E-state index in [2.05, 4.69) is 20.8 Å².